The molecule has 0 unspecified atom stereocenters. The average molecular weight is 248 g/mol. The van der Waals surface area contributed by atoms with E-state index in [1.54, 1.807) is 6.07 Å². The van der Waals surface area contributed by atoms with Crippen LogP contribution in [0.5, 0.6) is 5.75 Å². The third kappa shape index (κ3) is 2.19. The lowest BCUT2D eigenvalue weighted by Crippen LogP contribution is -2.09. The minimum atomic E-state index is -0.645. The van der Waals surface area contributed by atoms with Gasteiger partial charge in [-0.1, -0.05) is 22.9 Å². The van der Waals surface area contributed by atoms with Crippen molar-refractivity contribution < 1.29 is 9.50 Å². The summed E-state index contributed by atoms with van der Waals surface area (Å²) in [5.74, 6) is -0.995. The molecule has 1 rings (SSSR count). The molecule has 3 N–H and O–H groups in total. The highest BCUT2D eigenvalue weighted by atomic mass is 79.9. The highest BCUT2D eigenvalue weighted by molar-refractivity contribution is 9.10. The van der Waals surface area contributed by atoms with Crippen LogP contribution in [0.1, 0.15) is 24.9 Å². The molecule has 72 valence electrons. The summed E-state index contributed by atoms with van der Waals surface area (Å²) >= 11 is 3.14. The molecule has 0 saturated carbocycles. The Kier molecular flexibility index (Phi) is 3.27. The van der Waals surface area contributed by atoms with Crippen LogP contribution in [0.2, 0.25) is 0 Å². The zero-order chi connectivity index (χ0) is 10.0. The predicted octanol–water partition coefficient (Wildman–Crippen LogP) is 2.70. The third-order valence-electron chi connectivity index (χ3n) is 1.90. The fourth-order valence-electron chi connectivity index (χ4n) is 1.09. The summed E-state index contributed by atoms with van der Waals surface area (Å²) in [5, 5.41) is 9.35. The van der Waals surface area contributed by atoms with Gasteiger partial charge < -0.3 is 10.8 Å². The maximum absolute atomic E-state index is 13.0. The first kappa shape index (κ1) is 10.5. The SMILES string of the molecule is CC[C@H](N)c1cc(Br)cc(F)c1O. The zero-order valence-corrected chi connectivity index (χ0v) is 8.81. The van der Waals surface area contributed by atoms with Crippen LogP contribution in [-0.4, -0.2) is 5.11 Å². The van der Waals surface area contributed by atoms with E-state index in [9.17, 15) is 9.50 Å². The fraction of sp³-hybridized carbons (Fsp3) is 0.333. The lowest BCUT2D eigenvalue weighted by Gasteiger charge is -2.12. The summed E-state index contributed by atoms with van der Waals surface area (Å²) in [6.45, 7) is 1.88. The van der Waals surface area contributed by atoms with E-state index in [2.05, 4.69) is 15.9 Å². The highest BCUT2D eigenvalue weighted by Crippen LogP contribution is 2.30. The third-order valence-corrected chi connectivity index (χ3v) is 2.35. The summed E-state index contributed by atoms with van der Waals surface area (Å²) < 4.78 is 13.6. The van der Waals surface area contributed by atoms with Gasteiger partial charge in [-0.15, -0.1) is 0 Å². The van der Waals surface area contributed by atoms with Crippen molar-refractivity contribution in [3.05, 3.63) is 28.0 Å². The predicted molar refractivity (Wildman–Crippen MR) is 53.0 cm³/mol. The summed E-state index contributed by atoms with van der Waals surface area (Å²) in [7, 11) is 0. The molecule has 13 heavy (non-hydrogen) atoms. The van der Waals surface area contributed by atoms with Gasteiger partial charge in [-0.2, -0.15) is 0 Å². The van der Waals surface area contributed by atoms with Crippen molar-refractivity contribution in [2.75, 3.05) is 0 Å². The molecule has 1 aromatic carbocycles. The molecule has 0 heterocycles. The number of hydrogen-bond acceptors (Lipinski definition) is 2. The van der Waals surface area contributed by atoms with Crippen molar-refractivity contribution in [3.8, 4) is 5.75 Å². The van der Waals surface area contributed by atoms with Gasteiger partial charge in [0.2, 0.25) is 0 Å². The van der Waals surface area contributed by atoms with E-state index >= 15 is 0 Å². The number of phenols is 1. The quantitative estimate of drug-likeness (QED) is 0.845. The van der Waals surface area contributed by atoms with Crippen molar-refractivity contribution in [2.24, 2.45) is 5.73 Å². The van der Waals surface area contributed by atoms with Crippen molar-refractivity contribution in [1.82, 2.24) is 0 Å². The number of halogens is 2. The van der Waals surface area contributed by atoms with Crippen LogP contribution < -0.4 is 5.73 Å². The maximum atomic E-state index is 13.0. The first-order chi connectivity index (χ1) is 6.06. The first-order valence-corrected chi connectivity index (χ1v) is 4.79. The molecule has 2 nitrogen and oxygen atoms in total. The Morgan fingerprint density at radius 1 is 1.62 bits per heavy atom. The fourth-order valence-corrected chi connectivity index (χ4v) is 1.54. The second-order valence-electron chi connectivity index (χ2n) is 2.84. The van der Waals surface area contributed by atoms with E-state index in [4.69, 9.17) is 5.73 Å². The molecular formula is C9H11BrFNO. The molecule has 0 aliphatic carbocycles. The van der Waals surface area contributed by atoms with Crippen LogP contribution in [0, 0.1) is 5.82 Å². The Bertz CT molecular complexity index is 317. The Morgan fingerprint density at radius 3 is 2.77 bits per heavy atom. The molecule has 0 aromatic heterocycles. The number of rotatable bonds is 2. The second kappa shape index (κ2) is 4.07. The van der Waals surface area contributed by atoms with E-state index in [0.717, 1.165) is 0 Å². The van der Waals surface area contributed by atoms with Crippen LogP contribution in [0.4, 0.5) is 4.39 Å². The molecule has 0 amide bonds. The number of nitrogens with two attached hydrogens (primary N) is 1. The largest absolute Gasteiger partial charge is 0.505 e. The van der Waals surface area contributed by atoms with Gasteiger partial charge in [0.25, 0.3) is 0 Å². The smallest absolute Gasteiger partial charge is 0.166 e. The van der Waals surface area contributed by atoms with Gasteiger partial charge in [0.1, 0.15) is 0 Å². The minimum Gasteiger partial charge on any atom is -0.505 e. The average Bonchev–Trinajstić information content (AvgIpc) is 2.10. The molecule has 0 bridgehead atoms. The van der Waals surface area contributed by atoms with E-state index in [0.29, 0.717) is 16.5 Å². The minimum absolute atomic E-state index is 0.327. The Labute approximate surface area is 84.7 Å². The van der Waals surface area contributed by atoms with Gasteiger partial charge in [0.15, 0.2) is 11.6 Å². The normalized spacial score (nSPS) is 12.9. The second-order valence-corrected chi connectivity index (χ2v) is 3.76. The number of phenolic OH excluding ortho intramolecular Hbond substituents is 1. The van der Waals surface area contributed by atoms with Gasteiger partial charge in [0, 0.05) is 16.1 Å². The van der Waals surface area contributed by atoms with Gasteiger partial charge in [-0.05, 0) is 18.6 Å². The van der Waals surface area contributed by atoms with Gasteiger partial charge >= 0.3 is 0 Å². The van der Waals surface area contributed by atoms with E-state index in [-0.39, 0.29) is 11.8 Å². The Balaban J connectivity index is 3.20. The Morgan fingerprint density at radius 2 is 2.23 bits per heavy atom. The summed E-state index contributed by atoms with van der Waals surface area (Å²) in [6, 6.07) is 2.51. The molecule has 0 spiro atoms. The molecule has 0 fully saturated rings. The van der Waals surface area contributed by atoms with Crippen molar-refractivity contribution >= 4 is 15.9 Å². The Hall–Kier alpha value is -0.610. The van der Waals surface area contributed by atoms with E-state index in [1.165, 1.54) is 6.07 Å². The maximum Gasteiger partial charge on any atom is 0.166 e. The molecule has 0 saturated heterocycles. The van der Waals surface area contributed by atoms with Crippen LogP contribution in [0.15, 0.2) is 16.6 Å². The molecular weight excluding hydrogens is 237 g/mol. The van der Waals surface area contributed by atoms with Crippen LogP contribution in [0.25, 0.3) is 0 Å². The topological polar surface area (TPSA) is 46.2 Å². The molecule has 0 radical (unpaired) electrons. The molecule has 0 aliphatic rings. The molecule has 1 atom stereocenters. The number of aromatic hydroxyl groups is 1. The van der Waals surface area contributed by atoms with Crippen molar-refractivity contribution in [1.29, 1.82) is 0 Å². The number of hydrogen-bond donors (Lipinski definition) is 2. The van der Waals surface area contributed by atoms with Gasteiger partial charge in [-0.3, -0.25) is 0 Å². The van der Waals surface area contributed by atoms with E-state index < -0.39 is 5.82 Å². The standard InChI is InChI=1S/C9H11BrFNO/c1-2-8(12)6-3-5(10)4-7(11)9(6)13/h3-4,8,13H,2,12H2,1H3/t8-/m0/s1. The van der Waals surface area contributed by atoms with Gasteiger partial charge in [0.05, 0.1) is 0 Å². The number of benzene rings is 1. The van der Waals surface area contributed by atoms with Crippen LogP contribution >= 0.6 is 15.9 Å². The lowest BCUT2D eigenvalue weighted by atomic mass is 10.0. The van der Waals surface area contributed by atoms with Crippen molar-refractivity contribution in [3.63, 3.8) is 0 Å². The van der Waals surface area contributed by atoms with Crippen LogP contribution in [-0.2, 0) is 0 Å². The summed E-state index contributed by atoms with van der Waals surface area (Å²) in [5.41, 5.74) is 6.12. The van der Waals surface area contributed by atoms with Crippen LogP contribution in [0.3, 0.4) is 0 Å². The molecule has 0 aliphatic heterocycles. The lowest BCUT2D eigenvalue weighted by molar-refractivity contribution is 0.419. The van der Waals surface area contributed by atoms with Crippen molar-refractivity contribution in [2.45, 2.75) is 19.4 Å². The summed E-state index contributed by atoms with van der Waals surface area (Å²) in [6.07, 6.45) is 0.656. The summed E-state index contributed by atoms with van der Waals surface area (Å²) in [4.78, 5) is 0. The molecule has 4 heteroatoms. The first-order valence-electron chi connectivity index (χ1n) is 3.99. The van der Waals surface area contributed by atoms with Gasteiger partial charge in [-0.25, -0.2) is 4.39 Å². The van der Waals surface area contributed by atoms with E-state index in [1.807, 2.05) is 6.92 Å². The molecule has 1 aromatic rings. The highest BCUT2D eigenvalue weighted by Gasteiger charge is 2.13. The zero-order valence-electron chi connectivity index (χ0n) is 7.22. The monoisotopic (exact) mass is 247 g/mol.